The van der Waals surface area contributed by atoms with Crippen LogP contribution in [0.25, 0.3) is 10.8 Å². The predicted octanol–water partition coefficient (Wildman–Crippen LogP) is 1.71. The Labute approximate surface area is 128 Å². The molecule has 0 bridgehead atoms. The lowest BCUT2D eigenvalue weighted by atomic mass is 10.1. The number of aromatic nitrogens is 1. The molecule has 0 spiro atoms. The van der Waals surface area contributed by atoms with Crippen molar-refractivity contribution in [3.63, 3.8) is 0 Å². The first-order chi connectivity index (χ1) is 10.6. The van der Waals surface area contributed by atoms with Gasteiger partial charge in [0.2, 0.25) is 0 Å². The fraction of sp³-hybridized carbons (Fsp3) is 0.438. The average molecular weight is 299 g/mol. The van der Waals surface area contributed by atoms with Crippen molar-refractivity contribution in [3.8, 4) is 5.75 Å². The fourth-order valence-electron chi connectivity index (χ4n) is 3.42. The molecule has 0 radical (unpaired) electrons. The zero-order chi connectivity index (χ0) is 15.3. The fourth-order valence-corrected chi connectivity index (χ4v) is 3.42. The number of benzene rings is 1. The van der Waals surface area contributed by atoms with Crippen LogP contribution in [0.15, 0.2) is 35.3 Å². The molecule has 22 heavy (non-hydrogen) atoms. The van der Waals surface area contributed by atoms with Gasteiger partial charge in [-0.25, -0.2) is 0 Å². The van der Waals surface area contributed by atoms with Crippen LogP contribution in [-0.4, -0.2) is 21.9 Å². The second kappa shape index (κ2) is 5.14. The van der Waals surface area contributed by atoms with E-state index in [1.165, 1.54) is 25.7 Å². The van der Waals surface area contributed by atoms with Crippen LogP contribution in [0.2, 0.25) is 0 Å². The molecule has 0 atom stereocenters. The van der Waals surface area contributed by atoms with E-state index in [4.69, 9.17) is 14.7 Å². The molecule has 0 saturated heterocycles. The average Bonchev–Trinajstić information content (AvgIpc) is 3.37. The van der Waals surface area contributed by atoms with E-state index in [2.05, 4.69) is 0 Å². The molecule has 1 heterocycles. The highest BCUT2D eigenvalue weighted by atomic mass is 16.6. The van der Waals surface area contributed by atoms with Crippen molar-refractivity contribution < 1.29 is 14.7 Å². The molecule has 2 aliphatic carbocycles. The van der Waals surface area contributed by atoms with Crippen LogP contribution < -0.4 is 10.2 Å². The summed E-state index contributed by atoms with van der Waals surface area (Å²) in [5.41, 5.74) is -0.0146. The molecule has 1 aromatic carbocycles. The Hall–Kier alpha value is -1.79. The number of pyridine rings is 1. The van der Waals surface area contributed by atoms with E-state index in [0.717, 1.165) is 0 Å². The van der Waals surface area contributed by atoms with Crippen LogP contribution in [0, 0.1) is 11.8 Å². The van der Waals surface area contributed by atoms with E-state index >= 15 is 0 Å². The highest BCUT2D eigenvalue weighted by Gasteiger charge is 2.43. The van der Waals surface area contributed by atoms with Crippen LogP contribution >= 0.6 is 0 Å². The molecule has 2 N–H and O–H groups in total. The third-order valence-electron chi connectivity index (χ3n) is 4.68. The normalized spacial score (nSPS) is 18.0. The molecule has 0 unspecified atom stereocenters. The van der Waals surface area contributed by atoms with Crippen molar-refractivity contribution in [1.29, 1.82) is 0 Å². The van der Waals surface area contributed by atoms with E-state index in [9.17, 15) is 4.79 Å². The van der Waals surface area contributed by atoms with Crippen LogP contribution in [0.4, 0.5) is 0 Å². The van der Waals surface area contributed by atoms with Gasteiger partial charge < -0.3 is 19.3 Å². The SMILES string of the molecule is O=c1c2ccccc2c(OB(O)O)cn1C(C1CC1)C1CC1. The van der Waals surface area contributed by atoms with Crippen molar-refractivity contribution in [2.24, 2.45) is 11.8 Å². The summed E-state index contributed by atoms with van der Waals surface area (Å²) in [7, 11) is -1.89. The first kappa shape index (κ1) is 13.8. The first-order valence-corrected chi connectivity index (χ1v) is 7.82. The van der Waals surface area contributed by atoms with Gasteiger partial charge in [0.15, 0.2) is 0 Å². The topological polar surface area (TPSA) is 71.7 Å². The summed E-state index contributed by atoms with van der Waals surface area (Å²) in [5, 5.41) is 19.5. The first-order valence-electron chi connectivity index (χ1n) is 7.82. The van der Waals surface area contributed by atoms with Gasteiger partial charge in [0.05, 0.1) is 5.39 Å². The lowest BCUT2D eigenvalue weighted by molar-refractivity contribution is 0.286. The van der Waals surface area contributed by atoms with Crippen molar-refractivity contribution >= 4 is 18.1 Å². The van der Waals surface area contributed by atoms with Gasteiger partial charge in [0, 0.05) is 17.6 Å². The Bertz CT molecular complexity index is 752. The lowest BCUT2D eigenvalue weighted by Crippen LogP contribution is -2.29. The van der Waals surface area contributed by atoms with Gasteiger partial charge in [0.1, 0.15) is 5.75 Å². The number of rotatable bonds is 5. The van der Waals surface area contributed by atoms with Gasteiger partial charge in [-0.05, 0) is 43.6 Å². The van der Waals surface area contributed by atoms with Gasteiger partial charge >= 0.3 is 7.32 Å². The van der Waals surface area contributed by atoms with Gasteiger partial charge in [0.25, 0.3) is 5.56 Å². The summed E-state index contributed by atoms with van der Waals surface area (Å²) in [6.45, 7) is 0. The highest BCUT2D eigenvalue weighted by molar-refractivity contribution is 6.34. The summed E-state index contributed by atoms with van der Waals surface area (Å²) < 4.78 is 6.90. The number of fused-ring (bicyclic) bond motifs is 1. The standard InChI is InChI=1S/C16H18BNO4/c19-16-13-4-2-1-3-12(13)14(22-17(20)21)9-18(16)15(10-5-6-10)11-7-8-11/h1-4,9-11,15,20-21H,5-8H2. The summed E-state index contributed by atoms with van der Waals surface area (Å²) in [6.07, 6.45) is 6.32. The maximum atomic E-state index is 12.9. The molecular weight excluding hydrogens is 281 g/mol. The monoisotopic (exact) mass is 299 g/mol. The van der Waals surface area contributed by atoms with E-state index in [-0.39, 0.29) is 11.6 Å². The summed E-state index contributed by atoms with van der Waals surface area (Å²) >= 11 is 0. The van der Waals surface area contributed by atoms with E-state index in [1.54, 1.807) is 22.9 Å². The third-order valence-corrected chi connectivity index (χ3v) is 4.68. The van der Waals surface area contributed by atoms with Crippen LogP contribution in [-0.2, 0) is 0 Å². The van der Waals surface area contributed by atoms with Crippen molar-refractivity contribution in [3.05, 3.63) is 40.8 Å². The maximum Gasteiger partial charge on any atom is 0.707 e. The molecule has 0 aliphatic heterocycles. The third kappa shape index (κ3) is 2.42. The Morgan fingerprint density at radius 3 is 2.23 bits per heavy atom. The number of hydrogen-bond acceptors (Lipinski definition) is 4. The second-order valence-electron chi connectivity index (χ2n) is 6.36. The van der Waals surface area contributed by atoms with Crippen LogP contribution in [0.1, 0.15) is 31.7 Å². The second-order valence-corrected chi connectivity index (χ2v) is 6.36. The lowest BCUT2D eigenvalue weighted by Gasteiger charge is -2.21. The Kier molecular flexibility index (Phi) is 3.24. The van der Waals surface area contributed by atoms with Gasteiger partial charge in [-0.15, -0.1) is 0 Å². The minimum atomic E-state index is -1.89. The van der Waals surface area contributed by atoms with Crippen LogP contribution in [0.5, 0.6) is 5.75 Å². The molecule has 5 nitrogen and oxygen atoms in total. The van der Waals surface area contributed by atoms with E-state index in [1.807, 2.05) is 12.1 Å². The molecule has 2 saturated carbocycles. The van der Waals surface area contributed by atoms with E-state index in [0.29, 0.717) is 28.4 Å². The van der Waals surface area contributed by atoms with Gasteiger partial charge in [-0.2, -0.15) is 0 Å². The minimum Gasteiger partial charge on any atom is -0.510 e. The van der Waals surface area contributed by atoms with Crippen molar-refractivity contribution in [2.45, 2.75) is 31.7 Å². The molecule has 1 aromatic heterocycles. The molecule has 0 amide bonds. The molecule has 2 fully saturated rings. The summed E-state index contributed by atoms with van der Waals surface area (Å²) in [6, 6.07) is 7.37. The minimum absolute atomic E-state index is 0.0146. The molecule has 114 valence electrons. The summed E-state index contributed by atoms with van der Waals surface area (Å²) in [5.74, 6) is 1.48. The highest BCUT2D eigenvalue weighted by Crippen LogP contribution is 2.51. The molecular formula is C16H18BNO4. The molecule has 2 aliphatic rings. The predicted molar refractivity (Wildman–Crippen MR) is 83.5 cm³/mol. The Balaban J connectivity index is 1.90. The zero-order valence-electron chi connectivity index (χ0n) is 12.2. The zero-order valence-corrected chi connectivity index (χ0v) is 12.2. The molecule has 6 heteroatoms. The number of hydrogen-bond donors (Lipinski definition) is 2. The number of nitrogens with zero attached hydrogens (tertiary/aromatic N) is 1. The van der Waals surface area contributed by atoms with Crippen molar-refractivity contribution in [1.82, 2.24) is 4.57 Å². The molecule has 4 rings (SSSR count). The smallest absolute Gasteiger partial charge is 0.510 e. The maximum absolute atomic E-state index is 12.9. The molecule has 2 aromatic rings. The quantitative estimate of drug-likeness (QED) is 0.825. The van der Waals surface area contributed by atoms with Crippen molar-refractivity contribution in [2.75, 3.05) is 0 Å². The Morgan fingerprint density at radius 1 is 1.09 bits per heavy atom. The Morgan fingerprint density at radius 2 is 1.68 bits per heavy atom. The largest absolute Gasteiger partial charge is 0.707 e. The van der Waals surface area contributed by atoms with Crippen LogP contribution in [0.3, 0.4) is 0 Å². The van der Waals surface area contributed by atoms with E-state index < -0.39 is 7.32 Å². The summed E-state index contributed by atoms with van der Waals surface area (Å²) in [4.78, 5) is 12.9. The van der Waals surface area contributed by atoms with Gasteiger partial charge in [-0.1, -0.05) is 18.2 Å². The van der Waals surface area contributed by atoms with Gasteiger partial charge in [-0.3, -0.25) is 4.79 Å².